The van der Waals surface area contributed by atoms with Crippen molar-refractivity contribution in [3.05, 3.63) is 24.0 Å². The van der Waals surface area contributed by atoms with Crippen LogP contribution < -0.4 is 10.6 Å². The van der Waals surface area contributed by atoms with Crippen LogP contribution in [0.1, 0.15) is 23.2 Å². The van der Waals surface area contributed by atoms with E-state index in [9.17, 15) is 9.59 Å². The van der Waals surface area contributed by atoms with Gasteiger partial charge in [-0.05, 0) is 32.0 Å². The number of aromatic carboxylic acids is 1. The molecule has 0 spiro atoms. The number of carboxylic acids is 1. The molecule has 7 heteroatoms. The lowest BCUT2D eigenvalue weighted by atomic mass is 10.2. The van der Waals surface area contributed by atoms with Crippen molar-refractivity contribution < 1.29 is 14.7 Å². The zero-order valence-corrected chi connectivity index (χ0v) is 11.8. The van der Waals surface area contributed by atoms with Gasteiger partial charge >= 0.3 is 5.97 Å². The maximum Gasteiger partial charge on any atom is 0.337 e. The number of carbonyl (C=O) groups excluding carboxylic acids is 1. The third kappa shape index (κ3) is 4.50. The number of aromatic nitrogens is 1. The number of carbonyl (C=O) groups is 2. The standard InChI is InChI=1S/C13H17N3O3S/c17-12(8-20-11-1-3-14-4-2-11)16-10-5-9(13(18)19)6-15-7-10/h5-7,11,14H,1-4,8H2,(H,16,17)(H,18,19). The minimum Gasteiger partial charge on any atom is -0.478 e. The second kappa shape index (κ2) is 7.25. The zero-order chi connectivity index (χ0) is 14.4. The molecule has 1 saturated heterocycles. The number of thioether (sulfide) groups is 1. The molecule has 3 N–H and O–H groups in total. The molecule has 1 aromatic heterocycles. The predicted octanol–water partition coefficient (Wildman–Crippen LogP) is 1.20. The molecule has 1 aromatic rings. The highest BCUT2D eigenvalue weighted by Crippen LogP contribution is 2.20. The number of pyridine rings is 1. The van der Waals surface area contributed by atoms with Crippen LogP contribution in [0, 0.1) is 0 Å². The number of carboxylic acid groups (broad SMARTS) is 1. The van der Waals surface area contributed by atoms with Crippen LogP contribution in [0.15, 0.2) is 18.5 Å². The van der Waals surface area contributed by atoms with Crippen molar-refractivity contribution in [2.24, 2.45) is 0 Å². The Hall–Kier alpha value is -1.60. The normalized spacial score (nSPS) is 15.8. The molecule has 108 valence electrons. The zero-order valence-electron chi connectivity index (χ0n) is 11.0. The molecule has 2 heterocycles. The van der Waals surface area contributed by atoms with Gasteiger partial charge < -0.3 is 15.7 Å². The molecule has 2 rings (SSSR count). The van der Waals surface area contributed by atoms with E-state index >= 15 is 0 Å². The Morgan fingerprint density at radius 2 is 2.15 bits per heavy atom. The third-order valence-corrected chi connectivity index (χ3v) is 4.38. The molecule has 0 atom stereocenters. The average molecular weight is 295 g/mol. The van der Waals surface area contributed by atoms with Crippen molar-refractivity contribution in [3.63, 3.8) is 0 Å². The molecule has 0 aromatic carbocycles. The van der Waals surface area contributed by atoms with Crippen LogP contribution >= 0.6 is 11.8 Å². The minimum atomic E-state index is -1.06. The van der Waals surface area contributed by atoms with Crippen LogP contribution in [-0.4, -0.2) is 46.1 Å². The van der Waals surface area contributed by atoms with E-state index < -0.39 is 5.97 Å². The largest absolute Gasteiger partial charge is 0.478 e. The minimum absolute atomic E-state index is 0.0637. The average Bonchev–Trinajstić information content (AvgIpc) is 2.46. The van der Waals surface area contributed by atoms with Gasteiger partial charge in [-0.3, -0.25) is 9.78 Å². The molecule has 0 bridgehead atoms. The summed E-state index contributed by atoms with van der Waals surface area (Å²) in [4.78, 5) is 26.4. The maximum atomic E-state index is 11.8. The van der Waals surface area contributed by atoms with Crippen molar-refractivity contribution in [2.45, 2.75) is 18.1 Å². The number of piperidine rings is 1. The highest BCUT2D eigenvalue weighted by Gasteiger charge is 2.15. The first kappa shape index (κ1) is 14.8. The lowest BCUT2D eigenvalue weighted by Gasteiger charge is -2.21. The van der Waals surface area contributed by atoms with Crippen LogP contribution in [0.2, 0.25) is 0 Å². The van der Waals surface area contributed by atoms with E-state index in [1.807, 2.05) is 0 Å². The van der Waals surface area contributed by atoms with Gasteiger partial charge in [-0.25, -0.2) is 4.79 Å². The van der Waals surface area contributed by atoms with Crippen LogP contribution in [-0.2, 0) is 4.79 Å². The van der Waals surface area contributed by atoms with Gasteiger partial charge in [0.2, 0.25) is 5.91 Å². The summed E-state index contributed by atoms with van der Waals surface area (Å²) in [5, 5.41) is 15.3. The fourth-order valence-electron chi connectivity index (χ4n) is 1.98. The first-order valence-electron chi connectivity index (χ1n) is 6.45. The Morgan fingerprint density at radius 3 is 2.85 bits per heavy atom. The number of hydrogen-bond donors (Lipinski definition) is 3. The van der Waals surface area contributed by atoms with Crippen molar-refractivity contribution in [3.8, 4) is 0 Å². The van der Waals surface area contributed by atoms with E-state index in [2.05, 4.69) is 15.6 Å². The molecule has 6 nitrogen and oxygen atoms in total. The Bertz CT molecular complexity index is 490. The second-order valence-corrected chi connectivity index (χ2v) is 5.86. The summed E-state index contributed by atoms with van der Waals surface area (Å²) in [5.41, 5.74) is 0.481. The van der Waals surface area contributed by atoms with E-state index in [-0.39, 0.29) is 11.5 Å². The summed E-state index contributed by atoms with van der Waals surface area (Å²) in [6.07, 6.45) is 4.85. The van der Waals surface area contributed by atoms with Crippen LogP contribution in [0.4, 0.5) is 5.69 Å². The molecule has 20 heavy (non-hydrogen) atoms. The quantitative estimate of drug-likeness (QED) is 0.756. The number of anilines is 1. The number of nitrogens with zero attached hydrogens (tertiary/aromatic N) is 1. The van der Waals surface area contributed by atoms with E-state index in [0.717, 1.165) is 25.9 Å². The first-order valence-corrected chi connectivity index (χ1v) is 7.50. The molecule has 1 amide bonds. The van der Waals surface area contributed by atoms with Crippen molar-refractivity contribution in [2.75, 3.05) is 24.2 Å². The molecule has 0 aliphatic carbocycles. The van der Waals surface area contributed by atoms with Crippen LogP contribution in [0.25, 0.3) is 0 Å². The van der Waals surface area contributed by atoms with Gasteiger partial charge in [0.25, 0.3) is 0 Å². The summed E-state index contributed by atoms with van der Waals surface area (Å²) in [6, 6.07) is 1.41. The summed E-state index contributed by atoms with van der Waals surface area (Å²) < 4.78 is 0. The first-order chi connectivity index (χ1) is 9.65. The molecular weight excluding hydrogens is 278 g/mol. The molecule has 0 radical (unpaired) electrons. The van der Waals surface area contributed by atoms with Crippen molar-refractivity contribution >= 4 is 29.3 Å². The van der Waals surface area contributed by atoms with Gasteiger partial charge in [0, 0.05) is 11.4 Å². The van der Waals surface area contributed by atoms with Gasteiger partial charge in [0.15, 0.2) is 0 Å². The number of amides is 1. The number of nitrogens with one attached hydrogen (secondary N) is 2. The molecule has 1 aliphatic heterocycles. The van der Waals surface area contributed by atoms with Gasteiger partial charge in [-0.1, -0.05) is 0 Å². The van der Waals surface area contributed by atoms with Gasteiger partial charge in [-0.2, -0.15) is 0 Å². The topological polar surface area (TPSA) is 91.3 Å². The summed E-state index contributed by atoms with van der Waals surface area (Å²) in [7, 11) is 0. The van der Waals surface area contributed by atoms with Crippen LogP contribution in [0.3, 0.4) is 0 Å². The summed E-state index contributed by atoms with van der Waals surface area (Å²) >= 11 is 1.65. The molecule has 1 aliphatic rings. The Balaban J connectivity index is 1.81. The van der Waals surface area contributed by atoms with Crippen molar-refractivity contribution in [1.29, 1.82) is 0 Å². The van der Waals surface area contributed by atoms with Crippen molar-refractivity contribution in [1.82, 2.24) is 10.3 Å². The van der Waals surface area contributed by atoms with Gasteiger partial charge in [-0.15, -0.1) is 11.8 Å². The van der Waals surface area contributed by atoms with Gasteiger partial charge in [0.1, 0.15) is 0 Å². The SMILES string of the molecule is O=C(CSC1CCNCC1)Nc1cncc(C(=O)O)c1. The lowest BCUT2D eigenvalue weighted by molar-refractivity contribution is -0.113. The molecule has 1 fully saturated rings. The maximum absolute atomic E-state index is 11.8. The highest BCUT2D eigenvalue weighted by molar-refractivity contribution is 8.00. The lowest BCUT2D eigenvalue weighted by Crippen LogP contribution is -2.30. The summed E-state index contributed by atoms with van der Waals surface area (Å²) in [6.45, 7) is 2.01. The third-order valence-electron chi connectivity index (χ3n) is 3.01. The van der Waals surface area contributed by atoms with E-state index in [1.165, 1.54) is 18.5 Å². The van der Waals surface area contributed by atoms with E-state index in [1.54, 1.807) is 11.8 Å². The monoisotopic (exact) mass is 295 g/mol. The fourth-order valence-corrected chi connectivity index (χ4v) is 3.01. The van der Waals surface area contributed by atoms with Gasteiger partial charge in [0.05, 0.1) is 23.2 Å². The second-order valence-electron chi connectivity index (χ2n) is 4.58. The smallest absolute Gasteiger partial charge is 0.337 e. The number of rotatable bonds is 5. The van der Waals surface area contributed by atoms with E-state index in [0.29, 0.717) is 16.7 Å². The number of hydrogen-bond acceptors (Lipinski definition) is 5. The summed E-state index contributed by atoms with van der Waals surface area (Å²) in [5.74, 6) is -0.808. The fraction of sp³-hybridized carbons (Fsp3) is 0.462. The molecule has 0 saturated carbocycles. The molecular formula is C13H17N3O3S. The Labute approximate surface area is 121 Å². The van der Waals surface area contributed by atoms with E-state index in [4.69, 9.17) is 5.11 Å². The predicted molar refractivity (Wildman–Crippen MR) is 78.2 cm³/mol. The Morgan fingerprint density at radius 1 is 1.40 bits per heavy atom. The highest BCUT2D eigenvalue weighted by atomic mass is 32.2. The Kier molecular flexibility index (Phi) is 5.37. The van der Waals surface area contributed by atoms with Crippen LogP contribution in [0.5, 0.6) is 0 Å². The molecule has 0 unspecified atom stereocenters.